The Morgan fingerprint density at radius 2 is 1.82 bits per heavy atom. The van der Waals surface area contributed by atoms with Crippen LogP contribution in [0.5, 0.6) is 0 Å². The van der Waals surface area contributed by atoms with Crippen molar-refractivity contribution >= 4 is 17.2 Å². The van der Waals surface area contributed by atoms with Crippen LogP contribution in [-0.4, -0.2) is 10.9 Å². The average Bonchev–Trinajstić information content (AvgIpc) is 3.04. The molecule has 0 saturated carbocycles. The van der Waals surface area contributed by atoms with Crippen molar-refractivity contribution in [1.29, 1.82) is 0 Å². The van der Waals surface area contributed by atoms with Crippen molar-refractivity contribution in [3.8, 4) is 10.4 Å². The summed E-state index contributed by atoms with van der Waals surface area (Å²) in [6.07, 6.45) is 0. The van der Waals surface area contributed by atoms with Crippen molar-refractivity contribution in [2.24, 2.45) is 0 Å². The fourth-order valence-electron chi connectivity index (χ4n) is 2.17. The zero-order chi connectivity index (χ0) is 15.4. The van der Waals surface area contributed by atoms with Crippen LogP contribution >= 0.6 is 11.3 Å². The minimum atomic E-state index is -0.138. The molecule has 1 N–H and O–H groups in total. The van der Waals surface area contributed by atoms with Crippen LogP contribution < -0.4 is 5.32 Å². The first-order valence-electron chi connectivity index (χ1n) is 7.06. The van der Waals surface area contributed by atoms with Gasteiger partial charge in [-0.05, 0) is 18.1 Å². The Kier molecular flexibility index (Phi) is 4.30. The molecule has 3 nitrogen and oxygen atoms in total. The van der Waals surface area contributed by atoms with E-state index in [9.17, 15) is 4.79 Å². The van der Waals surface area contributed by atoms with Gasteiger partial charge in [0.1, 0.15) is 5.69 Å². The molecule has 3 rings (SSSR count). The smallest absolute Gasteiger partial charge is 0.271 e. The summed E-state index contributed by atoms with van der Waals surface area (Å²) in [6, 6.07) is 18.0. The van der Waals surface area contributed by atoms with Crippen LogP contribution in [0.15, 0.2) is 60.1 Å². The molecule has 0 atom stereocenters. The van der Waals surface area contributed by atoms with Crippen LogP contribution in [0.1, 0.15) is 21.6 Å². The normalized spacial score (nSPS) is 10.4. The Bertz CT molecular complexity index is 763. The lowest BCUT2D eigenvalue weighted by atomic mass is 10.1. The van der Waals surface area contributed by atoms with E-state index in [1.54, 1.807) is 5.51 Å². The van der Waals surface area contributed by atoms with Gasteiger partial charge in [0.25, 0.3) is 5.91 Å². The molecule has 0 aliphatic carbocycles. The molecular weight excluding hydrogens is 292 g/mol. The summed E-state index contributed by atoms with van der Waals surface area (Å²) in [7, 11) is 0. The van der Waals surface area contributed by atoms with Gasteiger partial charge in [0.15, 0.2) is 0 Å². The summed E-state index contributed by atoms with van der Waals surface area (Å²) >= 11 is 1.48. The van der Waals surface area contributed by atoms with Gasteiger partial charge < -0.3 is 5.32 Å². The van der Waals surface area contributed by atoms with E-state index < -0.39 is 0 Å². The minimum absolute atomic E-state index is 0.138. The van der Waals surface area contributed by atoms with Crippen LogP contribution in [0.2, 0.25) is 0 Å². The van der Waals surface area contributed by atoms with E-state index in [1.165, 1.54) is 16.9 Å². The molecule has 1 heterocycles. The Morgan fingerprint density at radius 3 is 2.55 bits per heavy atom. The van der Waals surface area contributed by atoms with E-state index >= 15 is 0 Å². The SMILES string of the molecule is Cc1ccc(CNC(=O)c2ncsc2-c2ccccc2)cc1. The number of nitrogens with zero attached hydrogens (tertiary/aromatic N) is 1. The van der Waals surface area contributed by atoms with Gasteiger partial charge in [-0.2, -0.15) is 0 Å². The Labute approximate surface area is 133 Å². The number of aryl methyl sites for hydroxylation is 1. The van der Waals surface area contributed by atoms with E-state index in [2.05, 4.69) is 10.3 Å². The molecule has 0 saturated heterocycles. The number of thiazole rings is 1. The van der Waals surface area contributed by atoms with Crippen molar-refractivity contribution in [2.45, 2.75) is 13.5 Å². The standard InChI is InChI=1S/C18H16N2OS/c1-13-7-9-14(10-8-13)11-19-18(21)16-17(22-12-20-16)15-5-3-2-4-6-15/h2-10,12H,11H2,1H3,(H,19,21). The third-order valence-electron chi connectivity index (χ3n) is 3.39. The molecule has 0 fully saturated rings. The van der Waals surface area contributed by atoms with Crippen LogP contribution in [0.4, 0.5) is 0 Å². The quantitative estimate of drug-likeness (QED) is 0.790. The van der Waals surface area contributed by atoms with Gasteiger partial charge in [-0.25, -0.2) is 4.98 Å². The zero-order valence-electron chi connectivity index (χ0n) is 12.2. The Hall–Kier alpha value is -2.46. The molecule has 0 radical (unpaired) electrons. The second-order valence-corrected chi connectivity index (χ2v) is 5.92. The maximum absolute atomic E-state index is 12.4. The Morgan fingerprint density at radius 1 is 1.09 bits per heavy atom. The molecule has 3 aromatic rings. The molecule has 0 aliphatic heterocycles. The monoisotopic (exact) mass is 308 g/mol. The van der Waals surface area contributed by atoms with E-state index in [0.717, 1.165) is 16.0 Å². The topological polar surface area (TPSA) is 42.0 Å². The molecule has 4 heteroatoms. The predicted molar refractivity (Wildman–Crippen MR) is 89.9 cm³/mol. The fraction of sp³-hybridized carbons (Fsp3) is 0.111. The van der Waals surface area contributed by atoms with E-state index in [1.807, 2.05) is 61.5 Å². The summed E-state index contributed by atoms with van der Waals surface area (Å²) in [6.45, 7) is 2.55. The summed E-state index contributed by atoms with van der Waals surface area (Å²) in [5.74, 6) is -0.138. The molecule has 2 aromatic carbocycles. The molecular formula is C18H16N2OS. The van der Waals surface area contributed by atoms with Gasteiger partial charge in [-0.1, -0.05) is 60.2 Å². The zero-order valence-corrected chi connectivity index (χ0v) is 13.1. The van der Waals surface area contributed by atoms with Crippen molar-refractivity contribution < 1.29 is 4.79 Å². The maximum atomic E-state index is 12.4. The van der Waals surface area contributed by atoms with E-state index in [4.69, 9.17) is 0 Å². The molecule has 0 unspecified atom stereocenters. The van der Waals surface area contributed by atoms with Crippen molar-refractivity contribution in [3.63, 3.8) is 0 Å². The second-order valence-electron chi connectivity index (χ2n) is 5.06. The number of rotatable bonds is 4. The number of hydrogen-bond donors (Lipinski definition) is 1. The fourth-order valence-corrected chi connectivity index (χ4v) is 2.97. The van der Waals surface area contributed by atoms with Gasteiger partial charge in [0.2, 0.25) is 0 Å². The summed E-state index contributed by atoms with van der Waals surface area (Å²) in [4.78, 5) is 17.5. The average molecular weight is 308 g/mol. The van der Waals surface area contributed by atoms with E-state index in [-0.39, 0.29) is 5.91 Å². The molecule has 22 heavy (non-hydrogen) atoms. The number of amides is 1. The molecule has 0 bridgehead atoms. The first-order chi connectivity index (χ1) is 10.7. The third-order valence-corrected chi connectivity index (χ3v) is 4.27. The number of benzene rings is 2. The van der Waals surface area contributed by atoms with Crippen LogP contribution in [-0.2, 0) is 6.54 Å². The molecule has 0 aliphatic rings. The first-order valence-corrected chi connectivity index (χ1v) is 7.94. The molecule has 1 amide bonds. The number of nitrogens with one attached hydrogen (secondary N) is 1. The largest absolute Gasteiger partial charge is 0.347 e. The number of aromatic nitrogens is 1. The van der Waals surface area contributed by atoms with Crippen molar-refractivity contribution in [3.05, 3.63) is 76.9 Å². The second kappa shape index (κ2) is 6.54. The van der Waals surface area contributed by atoms with Gasteiger partial charge in [0, 0.05) is 6.54 Å². The molecule has 0 spiro atoms. The summed E-state index contributed by atoms with van der Waals surface area (Å²) in [5, 5.41) is 2.94. The van der Waals surface area contributed by atoms with Crippen LogP contribution in [0.25, 0.3) is 10.4 Å². The number of carbonyl (C=O) groups is 1. The third kappa shape index (κ3) is 3.23. The highest BCUT2D eigenvalue weighted by atomic mass is 32.1. The van der Waals surface area contributed by atoms with Crippen molar-refractivity contribution in [1.82, 2.24) is 10.3 Å². The lowest BCUT2D eigenvalue weighted by molar-refractivity contribution is 0.0947. The van der Waals surface area contributed by atoms with Crippen molar-refractivity contribution in [2.75, 3.05) is 0 Å². The lowest BCUT2D eigenvalue weighted by Gasteiger charge is -2.06. The number of hydrogen-bond acceptors (Lipinski definition) is 3. The van der Waals surface area contributed by atoms with E-state index in [0.29, 0.717) is 12.2 Å². The summed E-state index contributed by atoms with van der Waals surface area (Å²) < 4.78 is 0. The highest BCUT2D eigenvalue weighted by Gasteiger charge is 2.15. The van der Waals surface area contributed by atoms with Crippen LogP contribution in [0, 0.1) is 6.92 Å². The Balaban J connectivity index is 1.73. The lowest BCUT2D eigenvalue weighted by Crippen LogP contribution is -2.23. The molecule has 110 valence electrons. The van der Waals surface area contributed by atoms with Gasteiger partial charge >= 0.3 is 0 Å². The maximum Gasteiger partial charge on any atom is 0.271 e. The highest BCUT2D eigenvalue weighted by Crippen LogP contribution is 2.27. The minimum Gasteiger partial charge on any atom is -0.347 e. The van der Waals surface area contributed by atoms with Gasteiger partial charge in [0.05, 0.1) is 10.4 Å². The molecule has 1 aromatic heterocycles. The summed E-state index contributed by atoms with van der Waals surface area (Å²) in [5.41, 5.74) is 5.51. The predicted octanol–water partition coefficient (Wildman–Crippen LogP) is 4.05. The highest BCUT2D eigenvalue weighted by molar-refractivity contribution is 7.13. The first kappa shape index (κ1) is 14.5. The van der Waals surface area contributed by atoms with Crippen LogP contribution in [0.3, 0.4) is 0 Å². The number of carbonyl (C=O) groups excluding carboxylic acids is 1. The van der Waals surface area contributed by atoms with Gasteiger partial charge in [-0.15, -0.1) is 11.3 Å². The van der Waals surface area contributed by atoms with Gasteiger partial charge in [-0.3, -0.25) is 4.79 Å².